The quantitative estimate of drug-likeness (QED) is 0.742. The van der Waals surface area contributed by atoms with Crippen molar-refractivity contribution in [2.24, 2.45) is 0 Å². The van der Waals surface area contributed by atoms with Crippen LogP contribution in [0.25, 0.3) is 0 Å². The zero-order valence-electron chi connectivity index (χ0n) is 8.16. The van der Waals surface area contributed by atoms with Crippen LogP contribution in [0, 0.1) is 0 Å². The topological polar surface area (TPSA) is 35.5 Å². The fraction of sp³-hybridized carbons (Fsp3) is 0.364. The van der Waals surface area contributed by atoms with E-state index in [1.165, 1.54) is 0 Å². The second-order valence-electron chi connectivity index (χ2n) is 3.29. The Hall–Kier alpha value is -1.22. The van der Waals surface area contributed by atoms with E-state index in [9.17, 15) is 4.79 Å². The Bertz CT molecular complexity index is 376. The summed E-state index contributed by atoms with van der Waals surface area (Å²) in [6.45, 7) is 1.11. The zero-order valence-corrected chi connectivity index (χ0v) is 8.92. The van der Waals surface area contributed by atoms with Gasteiger partial charge in [-0.25, -0.2) is 0 Å². The summed E-state index contributed by atoms with van der Waals surface area (Å²) in [6.07, 6.45) is 1.99. The summed E-state index contributed by atoms with van der Waals surface area (Å²) in [5, 5.41) is 0.626. The predicted molar refractivity (Wildman–Crippen MR) is 56.8 cm³/mol. The molecular formula is C11H11ClO3. The fourth-order valence-corrected chi connectivity index (χ4v) is 1.76. The van der Waals surface area contributed by atoms with E-state index < -0.39 is 0 Å². The van der Waals surface area contributed by atoms with E-state index in [2.05, 4.69) is 0 Å². The van der Waals surface area contributed by atoms with Gasteiger partial charge in [0.15, 0.2) is 11.5 Å². The number of ether oxygens (including phenoxy) is 2. The van der Waals surface area contributed by atoms with E-state index in [-0.39, 0.29) is 0 Å². The normalized spacial score (nSPS) is 13.7. The summed E-state index contributed by atoms with van der Waals surface area (Å²) in [6, 6.07) is 3.59. The number of rotatable bonds is 3. The molecule has 1 aromatic carbocycles. The lowest BCUT2D eigenvalue weighted by molar-refractivity contribution is -0.107. The van der Waals surface area contributed by atoms with Crippen LogP contribution in [0.1, 0.15) is 12.0 Å². The van der Waals surface area contributed by atoms with Gasteiger partial charge in [-0.3, -0.25) is 0 Å². The summed E-state index contributed by atoms with van der Waals surface area (Å²) in [5.74, 6) is 1.40. The molecule has 80 valence electrons. The highest BCUT2D eigenvalue weighted by atomic mass is 35.5. The Morgan fingerprint density at radius 3 is 2.60 bits per heavy atom. The van der Waals surface area contributed by atoms with Crippen molar-refractivity contribution in [3.63, 3.8) is 0 Å². The van der Waals surface area contributed by atoms with Crippen molar-refractivity contribution in [3.05, 3.63) is 22.7 Å². The average molecular weight is 227 g/mol. The first-order chi connectivity index (χ1) is 7.31. The Kier molecular flexibility index (Phi) is 3.11. The van der Waals surface area contributed by atoms with Gasteiger partial charge < -0.3 is 14.3 Å². The maximum atomic E-state index is 10.3. The molecule has 0 aromatic heterocycles. The Labute approximate surface area is 92.9 Å². The van der Waals surface area contributed by atoms with Crippen LogP contribution in [-0.2, 0) is 11.2 Å². The van der Waals surface area contributed by atoms with Gasteiger partial charge in [-0.2, -0.15) is 0 Å². The zero-order chi connectivity index (χ0) is 10.7. The fourth-order valence-electron chi connectivity index (χ4n) is 1.51. The van der Waals surface area contributed by atoms with E-state index in [1.807, 2.05) is 6.07 Å². The first-order valence-electron chi connectivity index (χ1n) is 4.83. The number of benzene rings is 1. The van der Waals surface area contributed by atoms with Crippen LogP contribution in [0.2, 0.25) is 5.02 Å². The van der Waals surface area contributed by atoms with Crippen molar-refractivity contribution >= 4 is 17.9 Å². The lowest BCUT2D eigenvalue weighted by atomic mass is 10.1. The van der Waals surface area contributed by atoms with Gasteiger partial charge in [0.05, 0.1) is 0 Å². The lowest BCUT2D eigenvalue weighted by Gasteiger charge is -2.19. The Morgan fingerprint density at radius 2 is 1.93 bits per heavy atom. The lowest BCUT2D eigenvalue weighted by Crippen LogP contribution is -2.15. The molecule has 2 rings (SSSR count). The molecular weight excluding hydrogens is 216 g/mol. The first kappa shape index (κ1) is 10.3. The summed E-state index contributed by atoms with van der Waals surface area (Å²) in [5.41, 5.74) is 0.924. The van der Waals surface area contributed by atoms with Crippen LogP contribution in [0.3, 0.4) is 0 Å². The van der Waals surface area contributed by atoms with E-state index in [0.717, 1.165) is 11.8 Å². The largest absolute Gasteiger partial charge is 0.486 e. The van der Waals surface area contributed by atoms with Crippen LogP contribution >= 0.6 is 11.6 Å². The van der Waals surface area contributed by atoms with Gasteiger partial charge in [0, 0.05) is 17.5 Å². The number of aldehydes is 1. The van der Waals surface area contributed by atoms with Crippen LogP contribution in [0.5, 0.6) is 11.5 Å². The van der Waals surface area contributed by atoms with Gasteiger partial charge in [0.25, 0.3) is 0 Å². The van der Waals surface area contributed by atoms with Crippen molar-refractivity contribution in [3.8, 4) is 11.5 Å². The number of aryl methyl sites for hydroxylation is 1. The van der Waals surface area contributed by atoms with Crippen molar-refractivity contribution in [2.45, 2.75) is 12.8 Å². The number of hydrogen-bond acceptors (Lipinski definition) is 3. The molecule has 0 unspecified atom stereocenters. The minimum absolute atomic E-state index is 0.472. The van der Waals surface area contributed by atoms with Gasteiger partial charge in [-0.05, 0) is 18.1 Å². The van der Waals surface area contributed by atoms with Crippen molar-refractivity contribution in [1.29, 1.82) is 0 Å². The average Bonchev–Trinajstić information content (AvgIpc) is 2.26. The van der Waals surface area contributed by atoms with Gasteiger partial charge in [0.1, 0.15) is 19.5 Å². The summed E-state index contributed by atoms with van der Waals surface area (Å²) in [7, 11) is 0. The molecule has 3 nitrogen and oxygen atoms in total. The minimum Gasteiger partial charge on any atom is -0.486 e. The van der Waals surface area contributed by atoms with E-state index >= 15 is 0 Å². The van der Waals surface area contributed by atoms with Gasteiger partial charge in [-0.15, -0.1) is 0 Å². The standard InChI is InChI=1S/C11H11ClO3/c12-9-7-11-10(14-4-5-15-11)6-8(9)2-1-3-13/h3,6-7H,1-2,4-5H2. The van der Waals surface area contributed by atoms with Crippen LogP contribution < -0.4 is 9.47 Å². The number of hydrogen-bond donors (Lipinski definition) is 0. The smallest absolute Gasteiger partial charge is 0.162 e. The highest BCUT2D eigenvalue weighted by molar-refractivity contribution is 6.31. The van der Waals surface area contributed by atoms with Gasteiger partial charge >= 0.3 is 0 Å². The van der Waals surface area contributed by atoms with Crippen LogP contribution in [0.15, 0.2) is 12.1 Å². The Morgan fingerprint density at radius 1 is 1.27 bits per heavy atom. The van der Waals surface area contributed by atoms with E-state index in [0.29, 0.717) is 42.6 Å². The second kappa shape index (κ2) is 4.53. The van der Waals surface area contributed by atoms with Crippen LogP contribution in [-0.4, -0.2) is 19.5 Å². The molecule has 0 aliphatic carbocycles. The maximum absolute atomic E-state index is 10.3. The molecule has 0 radical (unpaired) electrons. The van der Waals surface area contributed by atoms with Crippen molar-refractivity contribution in [1.82, 2.24) is 0 Å². The first-order valence-corrected chi connectivity index (χ1v) is 5.20. The number of halogens is 1. The molecule has 1 aromatic rings. The third kappa shape index (κ3) is 2.23. The molecule has 0 saturated carbocycles. The number of carbonyl (C=O) groups excluding carboxylic acids is 1. The maximum Gasteiger partial charge on any atom is 0.162 e. The van der Waals surface area contributed by atoms with Gasteiger partial charge in [0.2, 0.25) is 0 Å². The number of carbonyl (C=O) groups is 1. The minimum atomic E-state index is 0.472. The molecule has 0 amide bonds. The van der Waals surface area contributed by atoms with Crippen LogP contribution in [0.4, 0.5) is 0 Å². The highest BCUT2D eigenvalue weighted by Gasteiger charge is 2.14. The molecule has 15 heavy (non-hydrogen) atoms. The molecule has 1 aliphatic rings. The third-order valence-electron chi connectivity index (χ3n) is 2.24. The molecule has 0 spiro atoms. The molecule has 0 saturated heterocycles. The van der Waals surface area contributed by atoms with Gasteiger partial charge in [-0.1, -0.05) is 11.6 Å². The Balaban J connectivity index is 2.27. The third-order valence-corrected chi connectivity index (χ3v) is 2.59. The summed E-state index contributed by atoms with van der Waals surface area (Å²) >= 11 is 6.05. The van der Waals surface area contributed by atoms with Crippen molar-refractivity contribution in [2.75, 3.05) is 13.2 Å². The SMILES string of the molecule is O=CCCc1cc2c(cc1Cl)OCCO2. The molecule has 4 heteroatoms. The summed E-state index contributed by atoms with van der Waals surface area (Å²) < 4.78 is 10.8. The molecule has 0 fully saturated rings. The summed E-state index contributed by atoms with van der Waals surface area (Å²) in [4.78, 5) is 10.3. The second-order valence-corrected chi connectivity index (χ2v) is 3.70. The predicted octanol–water partition coefficient (Wildman–Crippen LogP) is 2.24. The van der Waals surface area contributed by atoms with Crippen molar-refractivity contribution < 1.29 is 14.3 Å². The van der Waals surface area contributed by atoms with E-state index in [4.69, 9.17) is 21.1 Å². The highest BCUT2D eigenvalue weighted by Crippen LogP contribution is 2.35. The molecule has 0 atom stereocenters. The monoisotopic (exact) mass is 226 g/mol. The molecule has 1 heterocycles. The van der Waals surface area contributed by atoms with E-state index in [1.54, 1.807) is 6.07 Å². The molecule has 0 bridgehead atoms. The number of fused-ring (bicyclic) bond motifs is 1. The molecule has 0 N–H and O–H groups in total. The molecule has 1 aliphatic heterocycles.